The predicted octanol–water partition coefficient (Wildman–Crippen LogP) is 0.372. The summed E-state index contributed by atoms with van der Waals surface area (Å²) in [6.07, 6.45) is 3.51. The molecule has 0 aromatic carbocycles. The Hall–Kier alpha value is -0.920. The van der Waals surface area contributed by atoms with Gasteiger partial charge in [0.2, 0.25) is 0 Å². The van der Waals surface area contributed by atoms with Crippen molar-refractivity contribution in [2.24, 2.45) is 0 Å². The molecule has 0 bridgehead atoms. The van der Waals surface area contributed by atoms with Gasteiger partial charge in [-0.15, -0.1) is 0 Å². The number of nitrogens with zero attached hydrogens (tertiary/aromatic N) is 3. The first-order chi connectivity index (χ1) is 7.98. The Morgan fingerprint density at radius 2 is 2.00 bits per heavy atom. The molecular weight excluding hydrogens is 240 g/mol. The number of aromatic amines is 1. The molecule has 0 aliphatic heterocycles. The monoisotopic (exact) mass is 260 g/mol. The molecule has 98 valence electrons. The molecule has 0 amide bonds. The van der Waals surface area contributed by atoms with Gasteiger partial charge in [-0.3, -0.25) is 0 Å². The van der Waals surface area contributed by atoms with Crippen LogP contribution in [0.3, 0.4) is 0 Å². The lowest BCUT2D eigenvalue weighted by atomic mass is 10.4. The summed E-state index contributed by atoms with van der Waals surface area (Å²) in [4.78, 5) is 8.37. The molecule has 0 radical (unpaired) electrons. The van der Waals surface area contributed by atoms with Gasteiger partial charge in [-0.05, 0) is 20.5 Å². The quantitative estimate of drug-likeness (QED) is 0.769. The van der Waals surface area contributed by atoms with Gasteiger partial charge in [0, 0.05) is 19.6 Å². The second-order valence-electron chi connectivity index (χ2n) is 4.12. The van der Waals surface area contributed by atoms with Crippen LogP contribution in [0.4, 0.5) is 0 Å². The van der Waals surface area contributed by atoms with Crippen molar-refractivity contribution in [1.29, 1.82) is 0 Å². The lowest BCUT2D eigenvalue weighted by Crippen LogP contribution is -2.37. The Bertz CT molecular complexity index is 414. The largest absolute Gasteiger partial charge is 0.335 e. The number of sulfonamides is 1. The van der Waals surface area contributed by atoms with Crippen molar-refractivity contribution in [2.45, 2.75) is 18.4 Å². The summed E-state index contributed by atoms with van der Waals surface area (Å²) in [6, 6.07) is 0. The van der Waals surface area contributed by atoms with Crippen molar-refractivity contribution in [3.8, 4) is 0 Å². The summed E-state index contributed by atoms with van der Waals surface area (Å²) in [6.45, 7) is 3.68. The van der Waals surface area contributed by atoms with Gasteiger partial charge in [0.1, 0.15) is 0 Å². The first kappa shape index (κ1) is 14.1. The van der Waals surface area contributed by atoms with Crippen molar-refractivity contribution < 1.29 is 8.42 Å². The second-order valence-corrected chi connectivity index (χ2v) is 6.03. The number of H-pyrrole nitrogens is 1. The molecular formula is C10H20N4O2S. The maximum Gasteiger partial charge on any atom is 0.260 e. The molecule has 0 atom stereocenters. The molecule has 7 heteroatoms. The lowest BCUT2D eigenvalue weighted by molar-refractivity contribution is 0.332. The Morgan fingerprint density at radius 3 is 2.47 bits per heavy atom. The zero-order valence-corrected chi connectivity index (χ0v) is 11.4. The zero-order chi connectivity index (χ0) is 12.9. The van der Waals surface area contributed by atoms with E-state index in [0.717, 1.165) is 6.42 Å². The molecule has 0 saturated carbocycles. The molecule has 0 saturated heterocycles. The summed E-state index contributed by atoms with van der Waals surface area (Å²) >= 11 is 0. The number of rotatable bonds is 7. The summed E-state index contributed by atoms with van der Waals surface area (Å²) in [5, 5.41) is 0.157. The number of aromatic nitrogens is 2. The molecule has 0 spiro atoms. The highest BCUT2D eigenvalue weighted by molar-refractivity contribution is 7.89. The Kier molecular flexibility index (Phi) is 5.10. The molecule has 0 fully saturated rings. The van der Waals surface area contributed by atoms with Crippen molar-refractivity contribution in [2.75, 3.05) is 33.7 Å². The van der Waals surface area contributed by atoms with E-state index in [1.54, 1.807) is 0 Å². The Morgan fingerprint density at radius 1 is 1.29 bits per heavy atom. The van der Waals surface area contributed by atoms with E-state index in [2.05, 4.69) is 9.97 Å². The third-order valence-electron chi connectivity index (χ3n) is 2.36. The van der Waals surface area contributed by atoms with Crippen LogP contribution in [-0.2, 0) is 10.0 Å². The molecule has 0 unspecified atom stereocenters. The maximum absolute atomic E-state index is 12.2. The highest BCUT2D eigenvalue weighted by Crippen LogP contribution is 2.12. The molecule has 17 heavy (non-hydrogen) atoms. The van der Waals surface area contributed by atoms with E-state index in [9.17, 15) is 8.42 Å². The highest BCUT2D eigenvalue weighted by Gasteiger charge is 2.24. The van der Waals surface area contributed by atoms with Crippen LogP contribution in [0.5, 0.6) is 0 Å². The first-order valence-corrected chi connectivity index (χ1v) is 7.05. The van der Waals surface area contributed by atoms with Crippen LogP contribution in [-0.4, -0.2) is 61.3 Å². The molecule has 1 aromatic heterocycles. The number of hydrogen-bond donors (Lipinski definition) is 1. The average molecular weight is 260 g/mol. The van der Waals surface area contributed by atoms with Crippen LogP contribution >= 0.6 is 0 Å². The predicted molar refractivity (Wildman–Crippen MR) is 66.2 cm³/mol. The number of nitrogens with one attached hydrogen (secondary N) is 1. The van der Waals surface area contributed by atoms with Crippen molar-refractivity contribution in [1.82, 2.24) is 19.2 Å². The van der Waals surface area contributed by atoms with Gasteiger partial charge in [-0.1, -0.05) is 6.92 Å². The molecule has 1 heterocycles. The van der Waals surface area contributed by atoms with Crippen molar-refractivity contribution in [3.63, 3.8) is 0 Å². The number of hydrogen-bond acceptors (Lipinski definition) is 4. The molecule has 0 aliphatic carbocycles. The van der Waals surface area contributed by atoms with Crippen LogP contribution in [0.25, 0.3) is 0 Å². The standard InChI is InChI=1S/C10H20N4O2S/c1-4-5-14(7-6-13(2)3)17(15,16)10-8-11-9-12-10/h8-9H,4-7H2,1-3H3,(H,11,12). The van der Waals surface area contributed by atoms with Gasteiger partial charge in [-0.2, -0.15) is 4.31 Å². The summed E-state index contributed by atoms with van der Waals surface area (Å²) < 4.78 is 26.0. The minimum absolute atomic E-state index is 0.157. The average Bonchev–Trinajstić information content (AvgIpc) is 2.77. The molecule has 1 aromatic rings. The molecule has 0 aliphatic rings. The second kappa shape index (κ2) is 6.13. The van der Waals surface area contributed by atoms with Gasteiger partial charge in [0.15, 0.2) is 5.03 Å². The third-order valence-corrected chi connectivity index (χ3v) is 4.18. The van der Waals surface area contributed by atoms with Crippen LogP contribution < -0.4 is 0 Å². The lowest BCUT2D eigenvalue weighted by Gasteiger charge is -2.22. The Labute approximate surface area is 103 Å². The van der Waals surface area contributed by atoms with E-state index in [1.165, 1.54) is 16.8 Å². The van der Waals surface area contributed by atoms with E-state index in [-0.39, 0.29) is 5.03 Å². The van der Waals surface area contributed by atoms with Crippen LogP contribution in [0.2, 0.25) is 0 Å². The van der Waals surface area contributed by atoms with E-state index in [0.29, 0.717) is 19.6 Å². The first-order valence-electron chi connectivity index (χ1n) is 5.61. The summed E-state index contributed by atoms with van der Waals surface area (Å²) in [5.74, 6) is 0. The maximum atomic E-state index is 12.2. The van der Waals surface area contributed by atoms with E-state index in [4.69, 9.17) is 0 Å². The van der Waals surface area contributed by atoms with Crippen LogP contribution in [0.1, 0.15) is 13.3 Å². The minimum atomic E-state index is -3.43. The van der Waals surface area contributed by atoms with Gasteiger partial charge in [-0.25, -0.2) is 13.4 Å². The molecule has 1 N–H and O–H groups in total. The van der Waals surface area contributed by atoms with Gasteiger partial charge in [0.05, 0.1) is 12.5 Å². The van der Waals surface area contributed by atoms with Gasteiger partial charge >= 0.3 is 0 Å². The third kappa shape index (κ3) is 3.79. The van der Waals surface area contributed by atoms with E-state index in [1.807, 2.05) is 25.9 Å². The normalized spacial score (nSPS) is 12.5. The van der Waals surface area contributed by atoms with E-state index < -0.39 is 10.0 Å². The SMILES string of the molecule is CCCN(CCN(C)C)S(=O)(=O)c1cnc[nH]1. The number of likely N-dealkylation sites (N-methyl/N-ethyl adjacent to an activating group) is 1. The van der Waals surface area contributed by atoms with Crippen LogP contribution in [0, 0.1) is 0 Å². The van der Waals surface area contributed by atoms with Gasteiger partial charge in [0.25, 0.3) is 10.0 Å². The molecule has 6 nitrogen and oxygen atoms in total. The Balaban J connectivity index is 2.82. The zero-order valence-electron chi connectivity index (χ0n) is 10.5. The fraction of sp³-hybridized carbons (Fsp3) is 0.700. The molecule has 1 rings (SSSR count). The summed E-state index contributed by atoms with van der Waals surface area (Å²) in [5.41, 5.74) is 0. The highest BCUT2D eigenvalue weighted by atomic mass is 32.2. The van der Waals surface area contributed by atoms with Crippen molar-refractivity contribution in [3.05, 3.63) is 12.5 Å². The fourth-order valence-electron chi connectivity index (χ4n) is 1.44. The van der Waals surface area contributed by atoms with Crippen LogP contribution in [0.15, 0.2) is 17.6 Å². The fourth-order valence-corrected chi connectivity index (χ4v) is 2.86. The smallest absolute Gasteiger partial charge is 0.260 e. The van der Waals surface area contributed by atoms with E-state index >= 15 is 0 Å². The van der Waals surface area contributed by atoms with Gasteiger partial charge < -0.3 is 9.88 Å². The topological polar surface area (TPSA) is 69.3 Å². The minimum Gasteiger partial charge on any atom is -0.335 e. The van der Waals surface area contributed by atoms with Crippen molar-refractivity contribution >= 4 is 10.0 Å². The summed E-state index contributed by atoms with van der Waals surface area (Å²) in [7, 11) is 0.420. The number of imidazole rings is 1.